The van der Waals surface area contributed by atoms with Crippen LogP contribution in [0.4, 0.5) is 0 Å². The second kappa shape index (κ2) is 7.45. The van der Waals surface area contributed by atoms with E-state index in [9.17, 15) is 0 Å². The first-order chi connectivity index (χ1) is 10.4. The number of benzene rings is 1. The molecule has 1 heteroatoms. The van der Waals surface area contributed by atoms with Gasteiger partial charge in [0.2, 0.25) is 0 Å². The molecule has 0 atom stereocenters. The molecule has 2 aliphatic rings. The highest BCUT2D eigenvalue weighted by atomic mass is 15.0. The molecule has 0 radical (unpaired) electrons. The van der Waals surface area contributed by atoms with Crippen molar-refractivity contribution in [3.63, 3.8) is 0 Å². The molecule has 1 fully saturated rings. The molecule has 1 nitrogen and oxygen atoms in total. The average Bonchev–Trinajstić information content (AvgIpc) is 2.51. The molecule has 1 heterocycles. The van der Waals surface area contributed by atoms with Crippen molar-refractivity contribution in [2.45, 2.75) is 89.1 Å². The van der Waals surface area contributed by atoms with Crippen LogP contribution < -0.4 is 5.32 Å². The van der Waals surface area contributed by atoms with E-state index in [2.05, 4.69) is 29.6 Å². The van der Waals surface area contributed by atoms with Gasteiger partial charge in [0.25, 0.3) is 0 Å². The maximum atomic E-state index is 3.94. The van der Waals surface area contributed by atoms with Gasteiger partial charge in [-0.2, -0.15) is 0 Å². The largest absolute Gasteiger partial charge is 0.307 e. The molecule has 1 aromatic carbocycles. The van der Waals surface area contributed by atoms with Gasteiger partial charge >= 0.3 is 0 Å². The number of fused-ring (bicyclic) bond motifs is 1. The Kier molecular flexibility index (Phi) is 5.35. The highest BCUT2D eigenvalue weighted by molar-refractivity contribution is 5.31. The molecule has 0 amide bonds. The molecule has 1 aliphatic heterocycles. The molecule has 21 heavy (non-hydrogen) atoms. The highest BCUT2D eigenvalue weighted by Crippen LogP contribution is 2.32. The van der Waals surface area contributed by atoms with E-state index in [0.29, 0.717) is 5.54 Å². The normalized spacial score (nSPS) is 23.8. The van der Waals surface area contributed by atoms with Gasteiger partial charge in [0.1, 0.15) is 0 Å². The smallest absolute Gasteiger partial charge is 0.0225 e. The van der Waals surface area contributed by atoms with Crippen LogP contribution in [0.15, 0.2) is 24.3 Å². The van der Waals surface area contributed by atoms with Gasteiger partial charge in [0, 0.05) is 12.1 Å². The molecule has 1 saturated carbocycles. The predicted molar refractivity (Wildman–Crippen MR) is 90.5 cm³/mol. The van der Waals surface area contributed by atoms with Gasteiger partial charge in [-0.05, 0) is 30.4 Å². The summed E-state index contributed by atoms with van der Waals surface area (Å²) in [6.45, 7) is 1.08. The van der Waals surface area contributed by atoms with E-state index in [0.717, 1.165) is 6.54 Å². The van der Waals surface area contributed by atoms with Gasteiger partial charge in [-0.25, -0.2) is 0 Å². The molecule has 3 rings (SSSR count). The molecule has 0 unspecified atom stereocenters. The third kappa shape index (κ3) is 4.10. The van der Waals surface area contributed by atoms with Crippen molar-refractivity contribution >= 4 is 0 Å². The number of rotatable bonds is 0. The topological polar surface area (TPSA) is 12.0 Å². The lowest BCUT2D eigenvalue weighted by Gasteiger charge is -2.40. The summed E-state index contributed by atoms with van der Waals surface area (Å²) in [4.78, 5) is 0. The second-order valence-electron chi connectivity index (χ2n) is 7.26. The number of nitrogens with one attached hydrogen (secondary N) is 1. The van der Waals surface area contributed by atoms with Gasteiger partial charge in [-0.15, -0.1) is 0 Å². The van der Waals surface area contributed by atoms with Crippen LogP contribution in [0.2, 0.25) is 0 Å². The zero-order chi connectivity index (χ0) is 14.4. The molecule has 1 spiro atoms. The van der Waals surface area contributed by atoms with Crippen molar-refractivity contribution in [2.24, 2.45) is 0 Å². The van der Waals surface area contributed by atoms with E-state index in [1.54, 1.807) is 5.56 Å². The van der Waals surface area contributed by atoms with Crippen LogP contribution in [0.3, 0.4) is 0 Å². The molecular formula is C20H31N. The minimum atomic E-state index is 0.396. The molecule has 1 N–H and O–H groups in total. The van der Waals surface area contributed by atoms with Crippen LogP contribution in [0.25, 0.3) is 0 Å². The standard InChI is InChI=1S/C20H31N/c1-2-4-6-10-14-20(15-11-7-5-3-1)16-18-12-8-9-13-19(18)17-21-20/h8-9,12-13,21H,1-7,10-11,14-17H2. The third-order valence-corrected chi connectivity index (χ3v) is 5.61. The molecular weight excluding hydrogens is 254 g/mol. The zero-order valence-corrected chi connectivity index (χ0v) is 13.5. The van der Waals surface area contributed by atoms with Crippen LogP contribution in [0.1, 0.15) is 81.8 Å². The lowest BCUT2D eigenvalue weighted by molar-refractivity contribution is 0.242. The molecule has 1 aliphatic carbocycles. The first-order valence-electron chi connectivity index (χ1n) is 9.20. The van der Waals surface area contributed by atoms with E-state index < -0.39 is 0 Å². The summed E-state index contributed by atoms with van der Waals surface area (Å²) in [5.41, 5.74) is 3.52. The molecule has 0 saturated heterocycles. The summed E-state index contributed by atoms with van der Waals surface area (Å²) in [6.07, 6.45) is 17.0. The molecule has 1 aromatic rings. The zero-order valence-electron chi connectivity index (χ0n) is 13.5. The van der Waals surface area contributed by atoms with E-state index in [1.807, 2.05) is 0 Å². The SMILES string of the molecule is c1ccc2c(c1)CNC1(CCCCCCCCCCC1)C2. The van der Waals surface area contributed by atoms with Crippen molar-refractivity contribution in [2.75, 3.05) is 0 Å². The van der Waals surface area contributed by atoms with E-state index in [-0.39, 0.29) is 0 Å². The van der Waals surface area contributed by atoms with E-state index in [1.165, 1.54) is 82.6 Å². The quantitative estimate of drug-likeness (QED) is 0.675. The molecule has 0 bridgehead atoms. The second-order valence-corrected chi connectivity index (χ2v) is 7.26. The third-order valence-electron chi connectivity index (χ3n) is 5.61. The minimum absolute atomic E-state index is 0.396. The number of hydrogen-bond donors (Lipinski definition) is 1. The van der Waals surface area contributed by atoms with Crippen LogP contribution in [0, 0.1) is 0 Å². The summed E-state index contributed by atoms with van der Waals surface area (Å²) in [6, 6.07) is 9.05. The highest BCUT2D eigenvalue weighted by Gasteiger charge is 2.32. The lowest BCUT2D eigenvalue weighted by Crippen LogP contribution is -2.49. The van der Waals surface area contributed by atoms with Crippen LogP contribution in [0.5, 0.6) is 0 Å². The Morgan fingerprint density at radius 2 is 1.19 bits per heavy atom. The summed E-state index contributed by atoms with van der Waals surface area (Å²) in [5, 5.41) is 3.94. The van der Waals surface area contributed by atoms with Crippen LogP contribution in [-0.4, -0.2) is 5.54 Å². The Hall–Kier alpha value is -0.820. The monoisotopic (exact) mass is 285 g/mol. The van der Waals surface area contributed by atoms with Gasteiger partial charge < -0.3 is 5.32 Å². The van der Waals surface area contributed by atoms with E-state index in [4.69, 9.17) is 0 Å². The summed E-state index contributed by atoms with van der Waals surface area (Å²) in [5.74, 6) is 0. The minimum Gasteiger partial charge on any atom is -0.307 e. The van der Waals surface area contributed by atoms with Crippen molar-refractivity contribution in [3.8, 4) is 0 Å². The number of hydrogen-bond acceptors (Lipinski definition) is 1. The van der Waals surface area contributed by atoms with Crippen LogP contribution in [-0.2, 0) is 13.0 Å². The lowest BCUT2D eigenvalue weighted by atomic mass is 9.77. The summed E-state index contributed by atoms with van der Waals surface area (Å²) >= 11 is 0. The van der Waals surface area contributed by atoms with Crippen molar-refractivity contribution in [3.05, 3.63) is 35.4 Å². The summed E-state index contributed by atoms with van der Waals surface area (Å²) in [7, 11) is 0. The Bertz CT molecular complexity index is 425. The Labute approximate surface area is 130 Å². The predicted octanol–water partition coefficient (Wildman–Crippen LogP) is 5.38. The van der Waals surface area contributed by atoms with Crippen LogP contribution >= 0.6 is 0 Å². The fraction of sp³-hybridized carbons (Fsp3) is 0.700. The average molecular weight is 285 g/mol. The first-order valence-corrected chi connectivity index (χ1v) is 9.20. The van der Waals surface area contributed by atoms with E-state index >= 15 is 0 Å². The first kappa shape index (κ1) is 15.1. The Balaban J connectivity index is 1.67. The van der Waals surface area contributed by atoms with Gasteiger partial charge in [0.05, 0.1) is 0 Å². The van der Waals surface area contributed by atoms with Gasteiger partial charge in [-0.3, -0.25) is 0 Å². The Morgan fingerprint density at radius 3 is 1.81 bits per heavy atom. The van der Waals surface area contributed by atoms with Gasteiger partial charge in [0.15, 0.2) is 0 Å². The fourth-order valence-corrected chi connectivity index (χ4v) is 4.25. The Morgan fingerprint density at radius 1 is 0.667 bits per heavy atom. The fourth-order valence-electron chi connectivity index (χ4n) is 4.25. The molecule has 116 valence electrons. The van der Waals surface area contributed by atoms with Gasteiger partial charge in [-0.1, -0.05) is 82.1 Å². The maximum absolute atomic E-state index is 3.94. The van der Waals surface area contributed by atoms with Crippen molar-refractivity contribution in [1.82, 2.24) is 5.32 Å². The maximum Gasteiger partial charge on any atom is 0.0225 e. The van der Waals surface area contributed by atoms with Crippen molar-refractivity contribution in [1.29, 1.82) is 0 Å². The molecule has 0 aromatic heterocycles. The van der Waals surface area contributed by atoms with Crippen molar-refractivity contribution < 1.29 is 0 Å². The summed E-state index contributed by atoms with van der Waals surface area (Å²) < 4.78 is 0.